The second kappa shape index (κ2) is 42.3. The van der Waals surface area contributed by atoms with E-state index in [0.29, 0.717) is 25.8 Å². The molecule has 4 aromatic carbocycles. The number of ether oxygens (including phenoxy) is 2. The second-order valence-electron chi connectivity index (χ2n) is 22.1. The van der Waals surface area contributed by atoms with E-state index in [4.69, 9.17) is 19.7 Å². The van der Waals surface area contributed by atoms with Gasteiger partial charge in [-0.2, -0.15) is 0 Å². The maximum Gasteiger partial charge on any atom is 0.317 e. The van der Waals surface area contributed by atoms with E-state index in [0.717, 1.165) is 81.1 Å². The van der Waals surface area contributed by atoms with E-state index >= 15 is 0 Å². The lowest BCUT2D eigenvalue weighted by molar-refractivity contribution is -0.143. The first-order valence-electron chi connectivity index (χ1n) is 31.0. The average Bonchev–Trinajstić information content (AvgIpc) is 2.02. The topological polar surface area (TPSA) is 282 Å². The fourth-order valence-corrected chi connectivity index (χ4v) is 10.4. The van der Waals surface area contributed by atoms with Crippen molar-refractivity contribution in [2.45, 2.75) is 174 Å². The maximum atomic E-state index is 13.4. The molecule has 0 heterocycles. The van der Waals surface area contributed by atoms with Gasteiger partial charge in [0.25, 0.3) is 0 Å². The number of hydrogen-bond acceptors (Lipinski definition) is 12. The summed E-state index contributed by atoms with van der Waals surface area (Å²) in [4.78, 5) is 101. The molecule has 20 nitrogen and oxygen atoms in total. The zero-order chi connectivity index (χ0) is 60.6. The van der Waals surface area contributed by atoms with Gasteiger partial charge in [0.15, 0.2) is 0 Å². The predicted molar refractivity (Wildman–Crippen MR) is 327 cm³/mol. The van der Waals surface area contributed by atoms with Gasteiger partial charge >= 0.3 is 17.9 Å². The van der Waals surface area contributed by atoms with Crippen LogP contribution >= 0.6 is 0 Å². The molecule has 0 aromatic heterocycles. The van der Waals surface area contributed by atoms with E-state index in [1.54, 1.807) is 0 Å². The Kier molecular flexibility index (Phi) is 35.3. The minimum atomic E-state index is -1.24. The van der Waals surface area contributed by atoms with Gasteiger partial charge in [-0.3, -0.25) is 48.2 Å². The summed E-state index contributed by atoms with van der Waals surface area (Å²) in [5.41, 5.74) is 1.12. The van der Waals surface area contributed by atoms with Crippen LogP contribution in [-0.2, 0) is 54.4 Å². The van der Waals surface area contributed by atoms with Crippen LogP contribution < -0.4 is 26.6 Å². The number of nitrogens with one attached hydrogen (secondary N) is 5. The summed E-state index contributed by atoms with van der Waals surface area (Å²) in [6.45, 7) is 1.50. The van der Waals surface area contributed by atoms with Crippen LogP contribution in [0.15, 0.2) is 54.6 Å². The minimum Gasteiger partial charge on any atom is -0.480 e. The van der Waals surface area contributed by atoms with Crippen LogP contribution in [0.25, 0.3) is 32.3 Å². The van der Waals surface area contributed by atoms with E-state index in [1.807, 2.05) is 0 Å². The number of nitrogens with zero attached hydrogens (tertiary/aromatic N) is 2. The van der Waals surface area contributed by atoms with Crippen LogP contribution in [0.1, 0.15) is 167 Å². The smallest absolute Gasteiger partial charge is 0.317 e. The molecule has 0 aliphatic rings. The highest BCUT2D eigenvalue weighted by molar-refractivity contribution is 6.23. The fraction of sp³-hybridized carbons (Fsp3) is 0.625. The Balaban J connectivity index is 1.08. The molecule has 1 atom stereocenters. The standard InChI is InChI=1S/C64H97N7O13/c1-2-3-4-5-6-7-8-9-10-11-14-18-21-27-56(73)68-44-54(64(82)66-36-40-84-42-41-83-39-35-65-58(75)45-70(46-59(76)77)37-38-71(47-60(78)79)48-61(80)81)69-57(74)28-22-19-16-13-12-15-17-20-26-55(72)67-43-52-32-31-51-30-29-49-24-23-25-50-33-34-53(52)63(51)62(49)50/h23-25,29-34,54H,2-22,26-28,35-48H2,1H3,(H,65,75)(H,66,82)(H,67,72)(H,68,73)(H,69,74)(H,76,77)(H,78,79)(H,80,81). The summed E-state index contributed by atoms with van der Waals surface area (Å²) in [5, 5.41) is 49.0. The Bertz CT molecular complexity index is 2570. The highest BCUT2D eigenvalue weighted by atomic mass is 16.5. The molecule has 5 amide bonds. The molecule has 0 spiro atoms. The number of hydrogen-bond donors (Lipinski definition) is 8. The Morgan fingerprint density at radius 3 is 1.38 bits per heavy atom. The molecule has 466 valence electrons. The van der Waals surface area contributed by atoms with Gasteiger partial charge < -0.3 is 51.4 Å². The Morgan fingerprint density at radius 2 is 0.869 bits per heavy atom. The third-order valence-corrected chi connectivity index (χ3v) is 15.0. The van der Waals surface area contributed by atoms with E-state index in [-0.39, 0.29) is 89.8 Å². The molecule has 0 saturated carbocycles. The third kappa shape index (κ3) is 29.9. The molecule has 0 fully saturated rings. The number of carboxylic acids is 3. The molecule has 0 saturated heterocycles. The van der Waals surface area contributed by atoms with Crippen LogP contribution in [0.4, 0.5) is 0 Å². The number of amides is 5. The van der Waals surface area contributed by atoms with Gasteiger partial charge in [0.05, 0.1) is 52.6 Å². The number of unbranched alkanes of at least 4 members (excludes halogenated alkanes) is 19. The molecule has 0 aliphatic carbocycles. The number of rotatable bonds is 51. The zero-order valence-corrected chi connectivity index (χ0v) is 50.0. The quantitative estimate of drug-likeness (QED) is 0.0152. The van der Waals surface area contributed by atoms with E-state index in [2.05, 4.69) is 88.1 Å². The van der Waals surface area contributed by atoms with Crippen LogP contribution in [0, 0.1) is 0 Å². The summed E-state index contributed by atoms with van der Waals surface area (Å²) in [5.74, 6) is -5.00. The predicted octanol–water partition coefficient (Wildman–Crippen LogP) is 8.31. The van der Waals surface area contributed by atoms with Crippen molar-refractivity contribution in [1.82, 2.24) is 36.4 Å². The van der Waals surface area contributed by atoms with Crippen molar-refractivity contribution in [3.63, 3.8) is 0 Å². The molecule has 4 rings (SSSR count). The first-order valence-corrected chi connectivity index (χ1v) is 31.0. The first kappa shape index (κ1) is 70.0. The molecule has 20 heteroatoms. The van der Waals surface area contributed by atoms with Gasteiger partial charge in [0.2, 0.25) is 29.5 Å². The number of carbonyl (C=O) groups excluding carboxylic acids is 5. The Hall–Kier alpha value is -6.48. The largest absolute Gasteiger partial charge is 0.480 e. The molecule has 8 N–H and O–H groups in total. The molecule has 0 bridgehead atoms. The first-order chi connectivity index (χ1) is 40.7. The third-order valence-electron chi connectivity index (χ3n) is 15.0. The van der Waals surface area contributed by atoms with Crippen LogP contribution in [0.5, 0.6) is 0 Å². The normalized spacial score (nSPS) is 11.8. The number of carboxylic acid groups (broad SMARTS) is 3. The lowest BCUT2D eigenvalue weighted by Gasteiger charge is -2.24. The minimum absolute atomic E-state index is 0.0428. The number of benzene rings is 4. The lowest BCUT2D eigenvalue weighted by atomic mass is 9.92. The van der Waals surface area contributed by atoms with Gasteiger partial charge in [-0.15, -0.1) is 0 Å². The zero-order valence-electron chi connectivity index (χ0n) is 50.0. The summed E-state index contributed by atoms with van der Waals surface area (Å²) in [6.07, 6.45) is 24.2. The highest BCUT2D eigenvalue weighted by Gasteiger charge is 2.22. The number of aliphatic carboxylic acids is 3. The van der Waals surface area contributed by atoms with E-state index < -0.39 is 55.4 Å². The average molecular weight is 1170 g/mol. The van der Waals surface area contributed by atoms with Crippen molar-refractivity contribution < 1.29 is 63.1 Å². The summed E-state index contributed by atoms with van der Waals surface area (Å²) >= 11 is 0. The van der Waals surface area contributed by atoms with Gasteiger partial charge in [-0.25, -0.2) is 0 Å². The highest BCUT2D eigenvalue weighted by Crippen LogP contribution is 2.36. The Morgan fingerprint density at radius 1 is 0.440 bits per heavy atom. The van der Waals surface area contributed by atoms with Gasteiger partial charge in [-0.05, 0) is 57.1 Å². The van der Waals surface area contributed by atoms with Crippen LogP contribution in [0.2, 0.25) is 0 Å². The summed E-state index contributed by atoms with van der Waals surface area (Å²) in [7, 11) is 0. The van der Waals surface area contributed by atoms with Crippen LogP contribution in [0.3, 0.4) is 0 Å². The Labute approximate surface area is 496 Å². The van der Waals surface area contributed by atoms with Crippen molar-refractivity contribution in [2.24, 2.45) is 0 Å². The van der Waals surface area contributed by atoms with Crippen molar-refractivity contribution >= 4 is 79.8 Å². The second-order valence-corrected chi connectivity index (χ2v) is 22.1. The van der Waals surface area contributed by atoms with Crippen molar-refractivity contribution in [1.29, 1.82) is 0 Å². The van der Waals surface area contributed by atoms with Gasteiger partial charge in [0, 0.05) is 58.5 Å². The molecule has 0 radical (unpaired) electrons. The van der Waals surface area contributed by atoms with Crippen molar-refractivity contribution in [3.05, 3.63) is 60.2 Å². The summed E-state index contributed by atoms with van der Waals surface area (Å²) in [6, 6.07) is 18.3. The van der Waals surface area contributed by atoms with Crippen LogP contribution in [-0.4, -0.2) is 164 Å². The number of carbonyl (C=O) groups is 8. The fourth-order valence-electron chi connectivity index (χ4n) is 10.4. The SMILES string of the molecule is CCCCCCCCCCCCCCCC(=O)NCC(NC(=O)CCCCCCCCCCC(=O)NCc1ccc2ccc3cccc4ccc1c2c34)C(=O)NCCOCCOCCNC(=O)CN(CCN(CC(=O)O)CC(=O)O)CC(=O)O. The maximum absolute atomic E-state index is 13.4. The molecular weight excluding hydrogens is 1070 g/mol. The molecule has 4 aromatic rings. The lowest BCUT2D eigenvalue weighted by Crippen LogP contribution is -2.53. The monoisotopic (exact) mass is 1170 g/mol. The van der Waals surface area contributed by atoms with Crippen molar-refractivity contribution in [3.8, 4) is 0 Å². The molecule has 84 heavy (non-hydrogen) atoms. The van der Waals surface area contributed by atoms with E-state index in [9.17, 15) is 43.5 Å². The molecule has 1 unspecified atom stereocenters. The summed E-state index contributed by atoms with van der Waals surface area (Å²) < 4.78 is 11.1. The molecule has 0 aliphatic heterocycles. The molecular formula is C64H97N7O13. The van der Waals surface area contributed by atoms with Gasteiger partial charge in [0.1, 0.15) is 6.04 Å². The van der Waals surface area contributed by atoms with E-state index in [1.165, 1.54) is 95.0 Å². The van der Waals surface area contributed by atoms with Gasteiger partial charge in [-0.1, -0.05) is 177 Å². The van der Waals surface area contributed by atoms with Crippen molar-refractivity contribution in [2.75, 3.05) is 85.3 Å².